The standard InChI is InChI=1S/C13H21NO2/c1-3-16-11-9-14-13-7-5-4-6-12(13)8-10-15-2/h4-7,14H,3,8-11H2,1-2H3. The highest BCUT2D eigenvalue weighted by Gasteiger charge is 2.00. The number of benzene rings is 1. The van der Waals surface area contributed by atoms with Gasteiger partial charge in [-0.1, -0.05) is 18.2 Å². The van der Waals surface area contributed by atoms with Gasteiger partial charge in [-0.15, -0.1) is 0 Å². The van der Waals surface area contributed by atoms with Crippen LogP contribution in [0, 0.1) is 0 Å². The first-order valence-electron chi connectivity index (χ1n) is 5.77. The molecule has 0 radical (unpaired) electrons. The first kappa shape index (κ1) is 13.0. The van der Waals surface area contributed by atoms with E-state index >= 15 is 0 Å². The predicted molar refractivity (Wildman–Crippen MR) is 67.0 cm³/mol. The minimum atomic E-state index is 0.745. The molecule has 0 fully saturated rings. The highest BCUT2D eigenvalue weighted by atomic mass is 16.5. The third-order valence-electron chi connectivity index (χ3n) is 2.36. The third-order valence-corrected chi connectivity index (χ3v) is 2.36. The Morgan fingerprint density at radius 2 is 2.00 bits per heavy atom. The monoisotopic (exact) mass is 223 g/mol. The van der Waals surface area contributed by atoms with Gasteiger partial charge in [-0.3, -0.25) is 0 Å². The van der Waals surface area contributed by atoms with Gasteiger partial charge in [0, 0.05) is 25.9 Å². The molecule has 0 atom stereocenters. The fourth-order valence-electron chi connectivity index (χ4n) is 1.52. The van der Waals surface area contributed by atoms with Crippen LogP contribution in [0.15, 0.2) is 24.3 Å². The molecule has 0 aliphatic rings. The van der Waals surface area contributed by atoms with Crippen LogP contribution in [-0.4, -0.2) is 33.5 Å². The molecule has 1 aromatic rings. The van der Waals surface area contributed by atoms with Gasteiger partial charge in [-0.2, -0.15) is 0 Å². The Bertz CT molecular complexity index is 289. The molecule has 3 heteroatoms. The van der Waals surface area contributed by atoms with Crippen LogP contribution in [0.5, 0.6) is 0 Å². The van der Waals surface area contributed by atoms with E-state index in [2.05, 4.69) is 23.5 Å². The molecule has 0 unspecified atom stereocenters. The van der Waals surface area contributed by atoms with E-state index in [0.717, 1.165) is 32.8 Å². The van der Waals surface area contributed by atoms with Crippen LogP contribution < -0.4 is 5.32 Å². The SMILES string of the molecule is CCOCCNc1ccccc1CCOC. The Morgan fingerprint density at radius 3 is 2.75 bits per heavy atom. The van der Waals surface area contributed by atoms with Crippen molar-refractivity contribution < 1.29 is 9.47 Å². The van der Waals surface area contributed by atoms with Crippen molar-refractivity contribution in [3.05, 3.63) is 29.8 Å². The zero-order valence-electron chi connectivity index (χ0n) is 10.2. The van der Waals surface area contributed by atoms with Crippen molar-refractivity contribution in [1.82, 2.24) is 0 Å². The first-order valence-corrected chi connectivity index (χ1v) is 5.77. The topological polar surface area (TPSA) is 30.5 Å². The zero-order valence-corrected chi connectivity index (χ0v) is 10.2. The van der Waals surface area contributed by atoms with Crippen LogP contribution in [0.3, 0.4) is 0 Å². The Labute approximate surface area is 97.8 Å². The summed E-state index contributed by atoms with van der Waals surface area (Å²) in [6.07, 6.45) is 0.939. The van der Waals surface area contributed by atoms with Crippen molar-refractivity contribution in [3.63, 3.8) is 0 Å². The van der Waals surface area contributed by atoms with Crippen LogP contribution in [0.4, 0.5) is 5.69 Å². The molecular formula is C13H21NO2. The molecule has 0 saturated carbocycles. The van der Waals surface area contributed by atoms with E-state index in [9.17, 15) is 0 Å². The highest BCUT2D eigenvalue weighted by molar-refractivity contribution is 5.51. The molecule has 1 aromatic carbocycles. The maximum Gasteiger partial charge on any atom is 0.0638 e. The smallest absolute Gasteiger partial charge is 0.0638 e. The van der Waals surface area contributed by atoms with Gasteiger partial charge in [-0.25, -0.2) is 0 Å². The van der Waals surface area contributed by atoms with E-state index in [4.69, 9.17) is 9.47 Å². The average Bonchev–Trinajstić information content (AvgIpc) is 2.33. The fraction of sp³-hybridized carbons (Fsp3) is 0.538. The molecule has 0 aliphatic heterocycles. The van der Waals surface area contributed by atoms with Crippen LogP contribution in [0.2, 0.25) is 0 Å². The van der Waals surface area contributed by atoms with Crippen molar-refractivity contribution in [2.24, 2.45) is 0 Å². The van der Waals surface area contributed by atoms with Gasteiger partial charge in [0.2, 0.25) is 0 Å². The molecule has 0 amide bonds. The summed E-state index contributed by atoms with van der Waals surface area (Å²) in [5.41, 5.74) is 2.47. The highest BCUT2D eigenvalue weighted by Crippen LogP contribution is 2.15. The lowest BCUT2D eigenvalue weighted by Gasteiger charge is -2.11. The summed E-state index contributed by atoms with van der Waals surface area (Å²) in [6, 6.07) is 8.32. The number of methoxy groups -OCH3 is 1. The molecule has 0 saturated heterocycles. The molecule has 0 aliphatic carbocycles. The van der Waals surface area contributed by atoms with Crippen LogP contribution >= 0.6 is 0 Å². The van der Waals surface area contributed by atoms with E-state index in [1.54, 1.807) is 7.11 Å². The number of hydrogen-bond acceptors (Lipinski definition) is 3. The molecule has 1 rings (SSSR count). The van der Waals surface area contributed by atoms with Crippen LogP contribution in [-0.2, 0) is 15.9 Å². The zero-order chi connectivity index (χ0) is 11.6. The molecule has 16 heavy (non-hydrogen) atoms. The second kappa shape index (κ2) is 8.13. The number of hydrogen-bond donors (Lipinski definition) is 1. The lowest BCUT2D eigenvalue weighted by molar-refractivity contribution is 0.158. The van der Waals surface area contributed by atoms with Crippen LogP contribution in [0.25, 0.3) is 0 Å². The van der Waals surface area contributed by atoms with Crippen molar-refractivity contribution in [2.75, 3.05) is 38.8 Å². The van der Waals surface area contributed by atoms with Gasteiger partial charge < -0.3 is 14.8 Å². The summed E-state index contributed by atoms with van der Waals surface area (Å²) in [5.74, 6) is 0. The molecule has 0 bridgehead atoms. The summed E-state index contributed by atoms with van der Waals surface area (Å²) in [6.45, 7) is 5.12. The molecule has 0 spiro atoms. The summed E-state index contributed by atoms with van der Waals surface area (Å²) in [4.78, 5) is 0. The second-order valence-electron chi connectivity index (χ2n) is 3.52. The number of rotatable bonds is 8. The van der Waals surface area contributed by atoms with Gasteiger partial charge >= 0.3 is 0 Å². The Morgan fingerprint density at radius 1 is 1.19 bits per heavy atom. The van der Waals surface area contributed by atoms with Gasteiger partial charge in [0.25, 0.3) is 0 Å². The van der Waals surface area contributed by atoms with Crippen molar-refractivity contribution >= 4 is 5.69 Å². The Hall–Kier alpha value is -1.06. The van der Waals surface area contributed by atoms with E-state index in [1.807, 2.05) is 13.0 Å². The summed E-state index contributed by atoms with van der Waals surface area (Å²) in [5, 5.41) is 3.38. The fourth-order valence-corrected chi connectivity index (χ4v) is 1.52. The second-order valence-corrected chi connectivity index (χ2v) is 3.52. The minimum absolute atomic E-state index is 0.745. The number of nitrogens with one attached hydrogen (secondary N) is 1. The Kier molecular flexibility index (Phi) is 6.61. The summed E-state index contributed by atoms with van der Waals surface area (Å²) >= 11 is 0. The summed E-state index contributed by atoms with van der Waals surface area (Å²) in [7, 11) is 1.73. The van der Waals surface area contributed by atoms with Crippen molar-refractivity contribution in [1.29, 1.82) is 0 Å². The van der Waals surface area contributed by atoms with Gasteiger partial charge in [0.05, 0.1) is 13.2 Å². The largest absolute Gasteiger partial charge is 0.384 e. The van der Waals surface area contributed by atoms with Gasteiger partial charge in [-0.05, 0) is 25.0 Å². The van der Waals surface area contributed by atoms with Gasteiger partial charge in [0.15, 0.2) is 0 Å². The third kappa shape index (κ3) is 4.64. The maximum atomic E-state index is 5.29. The number of anilines is 1. The molecular weight excluding hydrogens is 202 g/mol. The Balaban J connectivity index is 2.43. The minimum Gasteiger partial charge on any atom is -0.384 e. The average molecular weight is 223 g/mol. The normalized spacial score (nSPS) is 10.4. The van der Waals surface area contributed by atoms with Gasteiger partial charge in [0.1, 0.15) is 0 Å². The lowest BCUT2D eigenvalue weighted by Crippen LogP contribution is -2.11. The molecule has 0 aromatic heterocycles. The molecule has 90 valence electrons. The number of para-hydroxylation sites is 1. The van der Waals surface area contributed by atoms with Crippen molar-refractivity contribution in [3.8, 4) is 0 Å². The molecule has 0 heterocycles. The van der Waals surface area contributed by atoms with E-state index in [1.165, 1.54) is 11.3 Å². The summed E-state index contributed by atoms with van der Waals surface area (Å²) < 4.78 is 10.4. The molecule has 1 N–H and O–H groups in total. The lowest BCUT2D eigenvalue weighted by atomic mass is 10.1. The van der Waals surface area contributed by atoms with E-state index < -0.39 is 0 Å². The molecule has 3 nitrogen and oxygen atoms in total. The first-order chi connectivity index (χ1) is 7.88. The number of ether oxygens (including phenoxy) is 2. The van der Waals surface area contributed by atoms with E-state index in [-0.39, 0.29) is 0 Å². The van der Waals surface area contributed by atoms with Crippen LogP contribution in [0.1, 0.15) is 12.5 Å². The maximum absolute atomic E-state index is 5.29. The predicted octanol–water partition coefficient (Wildman–Crippen LogP) is 2.32. The van der Waals surface area contributed by atoms with E-state index in [0.29, 0.717) is 0 Å². The van der Waals surface area contributed by atoms with Crippen molar-refractivity contribution in [2.45, 2.75) is 13.3 Å². The quantitative estimate of drug-likeness (QED) is 0.686.